The van der Waals surface area contributed by atoms with Crippen LogP contribution in [0.1, 0.15) is 16.7 Å². The predicted octanol–water partition coefficient (Wildman–Crippen LogP) is 4.28. The molecular weight excluding hydrogens is 446 g/mol. The molecule has 0 saturated heterocycles. The predicted molar refractivity (Wildman–Crippen MR) is 132 cm³/mol. The van der Waals surface area contributed by atoms with Crippen LogP contribution in [0.15, 0.2) is 54.7 Å². The topological polar surface area (TPSA) is 111 Å². The van der Waals surface area contributed by atoms with Crippen molar-refractivity contribution < 1.29 is 19.0 Å². The Labute approximate surface area is 202 Å². The lowest BCUT2D eigenvalue weighted by Gasteiger charge is -2.12. The third kappa shape index (κ3) is 4.63. The second kappa shape index (κ2) is 9.97. The molecule has 0 bridgehead atoms. The summed E-state index contributed by atoms with van der Waals surface area (Å²) in [5.74, 6) is 2.02. The molecule has 0 aliphatic carbocycles. The minimum atomic E-state index is -0.448. The standard InChI is InChI=1S/C26H23N5O4/c1-16-12-23(29-25-20(16)6-5-7-21(25)34-3)31-26(18(14-27)15-28-31)30-24(32)11-9-17-8-10-19(33-2)13-22(17)35-4/h5-13,15H,1-4H3,(H,30,32)/b11-9+. The Balaban J connectivity index is 1.68. The van der Waals surface area contributed by atoms with Crippen molar-refractivity contribution in [2.24, 2.45) is 0 Å². The first-order chi connectivity index (χ1) is 17.0. The molecule has 0 aliphatic rings. The van der Waals surface area contributed by atoms with Crippen molar-refractivity contribution in [3.8, 4) is 29.1 Å². The lowest BCUT2D eigenvalue weighted by atomic mass is 10.1. The molecular formula is C26H23N5O4. The molecule has 2 aromatic carbocycles. The number of benzene rings is 2. The van der Waals surface area contributed by atoms with E-state index in [1.54, 1.807) is 38.5 Å². The van der Waals surface area contributed by atoms with Gasteiger partial charge in [0.2, 0.25) is 5.91 Å². The summed E-state index contributed by atoms with van der Waals surface area (Å²) in [6.45, 7) is 1.95. The fourth-order valence-electron chi connectivity index (χ4n) is 3.65. The first-order valence-corrected chi connectivity index (χ1v) is 10.6. The fourth-order valence-corrected chi connectivity index (χ4v) is 3.65. The number of pyridine rings is 1. The van der Waals surface area contributed by atoms with Gasteiger partial charge in [-0.2, -0.15) is 15.0 Å². The van der Waals surface area contributed by atoms with Crippen LogP contribution in [0.25, 0.3) is 22.8 Å². The summed E-state index contributed by atoms with van der Waals surface area (Å²) in [5, 5.41) is 17.6. The summed E-state index contributed by atoms with van der Waals surface area (Å²) < 4.78 is 17.5. The second-order valence-corrected chi connectivity index (χ2v) is 7.51. The van der Waals surface area contributed by atoms with Gasteiger partial charge in [0, 0.05) is 23.1 Å². The molecule has 1 amide bonds. The molecule has 0 saturated carbocycles. The first-order valence-electron chi connectivity index (χ1n) is 10.6. The van der Waals surface area contributed by atoms with E-state index in [4.69, 9.17) is 19.2 Å². The van der Waals surface area contributed by atoms with E-state index in [-0.39, 0.29) is 11.4 Å². The monoisotopic (exact) mass is 469 g/mol. The highest BCUT2D eigenvalue weighted by Crippen LogP contribution is 2.29. The molecule has 35 heavy (non-hydrogen) atoms. The van der Waals surface area contributed by atoms with Gasteiger partial charge in [-0.25, -0.2) is 4.98 Å². The van der Waals surface area contributed by atoms with E-state index in [9.17, 15) is 10.1 Å². The van der Waals surface area contributed by atoms with E-state index in [1.165, 1.54) is 24.1 Å². The summed E-state index contributed by atoms with van der Waals surface area (Å²) in [7, 11) is 4.68. The number of nitrogens with one attached hydrogen (secondary N) is 1. The Morgan fingerprint density at radius 2 is 1.89 bits per heavy atom. The van der Waals surface area contributed by atoms with Crippen LogP contribution in [0.4, 0.5) is 5.82 Å². The molecule has 0 fully saturated rings. The smallest absolute Gasteiger partial charge is 0.249 e. The zero-order valence-electron chi connectivity index (χ0n) is 19.7. The van der Waals surface area contributed by atoms with Crippen LogP contribution in [0.5, 0.6) is 17.2 Å². The second-order valence-electron chi connectivity index (χ2n) is 7.51. The van der Waals surface area contributed by atoms with Crippen molar-refractivity contribution in [3.05, 3.63) is 71.4 Å². The zero-order chi connectivity index (χ0) is 24.9. The van der Waals surface area contributed by atoms with E-state index in [0.717, 1.165) is 10.9 Å². The summed E-state index contributed by atoms with van der Waals surface area (Å²) in [5.41, 5.74) is 2.49. The normalized spacial score (nSPS) is 10.8. The van der Waals surface area contributed by atoms with Gasteiger partial charge in [-0.1, -0.05) is 12.1 Å². The van der Waals surface area contributed by atoms with Crippen LogP contribution < -0.4 is 19.5 Å². The number of nitriles is 1. The van der Waals surface area contributed by atoms with Gasteiger partial charge in [0.05, 0.1) is 27.5 Å². The quantitative estimate of drug-likeness (QED) is 0.402. The summed E-state index contributed by atoms with van der Waals surface area (Å²) in [6.07, 6.45) is 4.35. The molecule has 2 aromatic heterocycles. The average Bonchev–Trinajstić information content (AvgIpc) is 3.29. The maximum Gasteiger partial charge on any atom is 0.249 e. The largest absolute Gasteiger partial charge is 0.497 e. The van der Waals surface area contributed by atoms with Gasteiger partial charge < -0.3 is 19.5 Å². The van der Waals surface area contributed by atoms with Crippen LogP contribution in [0.3, 0.4) is 0 Å². The fraction of sp³-hybridized carbons (Fsp3) is 0.154. The van der Waals surface area contributed by atoms with E-state index in [2.05, 4.69) is 16.5 Å². The van der Waals surface area contributed by atoms with Gasteiger partial charge >= 0.3 is 0 Å². The molecule has 0 aliphatic heterocycles. The maximum atomic E-state index is 12.8. The summed E-state index contributed by atoms with van der Waals surface area (Å²) >= 11 is 0. The molecule has 4 rings (SSSR count). The number of anilines is 1. The maximum absolute atomic E-state index is 12.8. The van der Waals surface area contributed by atoms with Gasteiger partial charge in [-0.15, -0.1) is 0 Å². The van der Waals surface area contributed by atoms with E-state index in [0.29, 0.717) is 34.1 Å². The van der Waals surface area contributed by atoms with Crippen LogP contribution >= 0.6 is 0 Å². The molecule has 4 aromatic rings. The Morgan fingerprint density at radius 3 is 2.60 bits per heavy atom. The number of fused-ring (bicyclic) bond motifs is 1. The van der Waals surface area contributed by atoms with Gasteiger partial charge in [-0.05, 0) is 42.8 Å². The summed E-state index contributed by atoms with van der Waals surface area (Å²) in [6, 6.07) is 14.8. The number of rotatable bonds is 7. The lowest BCUT2D eigenvalue weighted by molar-refractivity contribution is -0.111. The van der Waals surface area contributed by atoms with Crippen molar-refractivity contribution >= 4 is 28.7 Å². The zero-order valence-corrected chi connectivity index (χ0v) is 19.7. The van der Waals surface area contributed by atoms with Crippen LogP contribution in [0.2, 0.25) is 0 Å². The number of ether oxygens (including phenoxy) is 3. The van der Waals surface area contributed by atoms with Crippen LogP contribution in [-0.4, -0.2) is 42.0 Å². The third-order valence-electron chi connectivity index (χ3n) is 5.42. The van der Waals surface area contributed by atoms with Gasteiger partial charge in [0.15, 0.2) is 11.6 Å². The first kappa shape index (κ1) is 23.3. The molecule has 0 atom stereocenters. The van der Waals surface area contributed by atoms with Crippen molar-refractivity contribution in [2.75, 3.05) is 26.6 Å². The third-order valence-corrected chi connectivity index (χ3v) is 5.42. The minimum Gasteiger partial charge on any atom is -0.497 e. The number of carbonyl (C=O) groups is 1. The lowest BCUT2D eigenvalue weighted by Crippen LogP contribution is -2.14. The minimum absolute atomic E-state index is 0.202. The Bertz CT molecular complexity index is 1480. The van der Waals surface area contributed by atoms with Crippen molar-refractivity contribution in [1.29, 1.82) is 5.26 Å². The summed E-state index contributed by atoms with van der Waals surface area (Å²) in [4.78, 5) is 17.5. The van der Waals surface area contributed by atoms with Gasteiger partial charge in [0.1, 0.15) is 34.4 Å². The highest BCUT2D eigenvalue weighted by Gasteiger charge is 2.17. The van der Waals surface area contributed by atoms with E-state index < -0.39 is 5.91 Å². The molecule has 0 spiro atoms. The van der Waals surface area contributed by atoms with E-state index >= 15 is 0 Å². The molecule has 176 valence electrons. The number of amides is 1. The highest BCUT2D eigenvalue weighted by molar-refractivity contribution is 6.02. The van der Waals surface area contributed by atoms with Crippen LogP contribution in [-0.2, 0) is 4.79 Å². The molecule has 9 nitrogen and oxygen atoms in total. The molecule has 9 heteroatoms. The van der Waals surface area contributed by atoms with Crippen molar-refractivity contribution in [1.82, 2.24) is 14.8 Å². The van der Waals surface area contributed by atoms with Gasteiger partial charge in [-0.3, -0.25) is 4.79 Å². The number of aryl methyl sites for hydroxylation is 1. The SMILES string of the molecule is COc1ccc(/C=C/C(=O)Nc2c(C#N)cnn2-c2cc(C)c3cccc(OC)c3n2)c(OC)c1. The molecule has 1 N–H and O–H groups in total. The number of para-hydroxylation sites is 1. The number of nitrogens with zero attached hydrogens (tertiary/aromatic N) is 4. The molecule has 2 heterocycles. The number of hydrogen-bond acceptors (Lipinski definition) is 7. The Morgan fingerprint density at radius 1 is 1.09 bits per heavy atom. The number of aromatic nitrogens is 3. The van der Waals surface area contributed by atoms with Crippen LogP contribution in [0, 0.1) is 18.3 Å². The van der Waals surface area contributed by atoms with Crippen molar-refractivity contribution in [2.45, 2.75) is 6.92 Å². The van der Waals surface area contributed by atoms with Crippen molar-refractivity contribution in [3.63, 3.8) is 0 Å². The van der Waals surface area contributed by atoms with Gasteiger partial charge in [0.25, 0.3) is 0 Å². The average molecular weight is 470 g/mol. The molecule has 0 unspecified atom stereocenters. The number of methoxy groups -OCH3 is 3. The Hall–Kier alpha value is -4.84. The number of hydrogen-bond donors (Lipinski definition) is 1. The highest BCUT2D eigenvalue weighted by atomic mass is 16.5. The molecule has 0 radical (unpaired) electrons. The Kier molecular flexibility index (Phi) is 6.64. The van der Waals surface area contributed by atoms with E-state index in [1.807, 2.05) is 31.2 Å². The number of carbonyl (C=O) groups excluding carboxylic acids is 1.